The van der Waals surface area contributed by atoms with Gasteiger partial charge in [-0.2, -0.15) is 0 Å². The number of benzene rings is 1. The summed E-state index contributed by atoms with van der Waals surface area (Å²) in [5, 5.41) is 10.6. The Balaban J connectivity index is 2.64. The molecule has 3 nitrogen and oxygen atoms in total. The Morgan fingerprint density at radius 3 is 2.45 bits per heavy atom. The van der Waals surface area contributed by atoms with E-state index in [4.69, 9.17) is 28.9 Å². The summed E-state index contributed by atoms with van der Waals surface area (Å²) in [6.07, 6.45) is 0. The molecule has 0 bridgehead atoms. The molecular formula is C14H13Cl2FN2O. The van der Waals surface area contributed by atoms with Crippen LogP contribution in [0.4, 0.5) is 10.2 Å². The molecule has 0 fully saturated rings. The third kappa shape index (κ3) is 2.87. The van der Waals surface area contributed by atoms with Crippen molar-refractivity contribution in [3.05, 3.63) is 45.7 Å². The van der Waals surface area contributed by atoms with Crippen molar-refractivity contribution in [2.24, 2.45) is 0 Å². The van der Waals surface area contributed by atoms with E-state index in [-0.39, 0.29) is 22.1 Å². The summed E-state index contributed by atoms with van der Waals surface area (Å²) in [6.45, 7) is 3.10. The number of nitrogen functional groups attached to an aromatic ring is 1. The Morgan fingerprint density at radius 1 is 1.25 bits per heavy atom. The van der Waals surface area contributed by atoms with Crippen LogP contribution in [0.3, 0.4) is 0 Å². The van der Waals surface area contributed by atoms with Crippen LogP contribution in [0.2, 0.25) is 10.0 Å². The standard InChI is InChI=1S/C14H13Cl2FN2O/c1-14(2,20)12-9(16)6-11(19-13(12)18)8-5-7(15)3-4-10(8)17/h3-6,20H,1-2H3,(H2,18,19). The molecule has 0 atom stereocenters. The first kappa shape index (κ1) is 15.0. The highest BCUT2D eigenvalue weighted by molar-refractivity contribution is 6.32. The summed E-state index contributed by atoms with van der Waals surface area (Å²) < 4.78 is 13.8. The number of hydrogen-bond donors (Lipinski definition) is 2. The van der Waals surface area contributed by atoms with Gasteiger partial charge < -0.3 is 10.8 Å². The zero-order valence-corrected chi connectivity index (χ0v) is 12.4. The highest BCUT2D eigenvalue weighted by atomic mass is 35.5. The van der Waals surface area contributed by atoms with E-state index in [1.807, 2.05) is 0 Å². The smallest absolute Gasteiger partial charge is 0.132 e. The van der Waals surface area contributed by atoms with E-state index in [1.54, 1.807) is 13.8 Å². The number of pyridine rings is 1. The fraction of sp³-hybridized carbons (Fsp3) is 0.214. The van der Waals surface area contributed by atoms with Crippen molar-refractivity contribution in [3.63, 3.8) is 0 Å². The van der Waals surface area contributed by atoms with Crippen molar-refractivity contribution in [2.75, 3.05) is 5.73 Å². The molecule has 106 valence electrons. The third-order valence-electron chi connectivity index (χ3n) is 2.82. The van der Waals surface area contributed by atoms with Gasteiger partial charge in [0.25, 0.3) is 0 Å². The molecule has 2 aromatic rings. The number of nitrogens with two attached hydrogens (primary N) is 1. The Labute approximate surface area is 126 Å². The molecular weight excluding hydrogens is 302 g/mol. The monoisotopic (exact) mass is 314 g/mol. The van der Waals surface area contributed by atoms with Gasteiger partial charge >= 0.3 is 0 Å². The van der Waals surface area contributed by atoms with E-state index in [0.29, 0.717) is 10.6 Å². The number of nitrogens with zero attached hydrogens (tertiary/aromatic N) is 1. The first-order valence-electron chi connectivity index (χ1n) is 5.84. The molecule has 20 heavy (non-hydrogen) atoms. The summed E-state index contributed by atoms with van der Waals surface area (Å²) in [4.78, 5) is 4.11. The summed E-state index contributed by atoms with van der Waals surface area (Å²) in [7, 11) is 0. The van der Waals surface area contributed by atoms with Crippen molar-refractivity contribution >= 4 is 29.0 Å². The van der Waals surface area contributed by atoms with E-state index < -0.39 is 11.4 Å². The SMILES string of the molecule is CC(C)(O)c1c(Cl)cc(-c2cc(Cl)ccc2F)nc1N. The van der Waals surface area contributed by atoms with E-state index >= 15 is 0 Å². The molecule has 0 spiro atoms. The highest BCUT2D eigenvalue weighted by Gasteiger charge is 2.25. The minimum atomic E-state index is -1.24. The lowest BCUT2D eigenvalue weighted by Gasteiger charge is -2.21. The summed E-state index contributed by atoms with van der Waals surface area (Å²) in [6, 6.07) is 5.59. The van der Waals surface area contributed by atoms with Crippen molar-refractivity contribution in [3.8, 4) is 11.3 Å². The van der Waals surface area contributed by atoms with Crippen LogP contribution in [0.15, 0.2) is 24.3 Å². The highest BCUT2D eigenvalue weighted by Crippen LogP contribution is 2.35. The maximum atomic E-state index is 13.8. The van der Waals surface area contributed by atoms with Gasteiger partial charge in [-0.25, -0.2) is 9.37 Å². The first-order chi connectivity index (χ1) is 9.20. The van der Waals surface area contributed by atoms with Gasteiger partial charge in [0.15, 0.2) is 0 Å². The summed E-state index contributed by atoms with van der Waals surface area (Å²) in [5.74, 6) is -0.423. The summed E-state index contributed by atoms with van der Waals surface area (Å²) >= 11 is 12.0. The average molecular weight is 315 g/mol. The second kappa shape index (κ2) is 5.20. The van der Waals surface area contributed by atoms with Gasteiger partial charge in [-0.15, -0.1) is 0 Å². The van der Waals surface area contributed by atoms with Gasteiger partial charge in [0.05, 0.1) is 16.3 Å². The molecule has 1 aromatic carbocycles. The minimum absolute atomic E-state index is 0.0550. The number of aromatic nitrogens is 1. The van der Waals surface area contributed by atoms with Crippen LogP contribution >= 0.6 is 23.2 Å². The fourth-order valence-electron chi connectivity index (χ4n) is 1.97. The molecule has 0 aliphatic carbocycles. The number of hydrogen-bond acceptors (Lipinski definition) is 3. The number of anilines is 1. The molecule has 6 heteroatoms. The fourth-order valence-corrected chi connectivity index (χ4v) is 2.57. The lowest BCUT2D eigenvalue weighted by molar-refractivity contribution is 0.0792. The predicted octanol–water partition coefficient (Wildman–Crippen LogP) is 4.00. The maximum Gasteiger partial charge on any atom is 0.132 e. The van der Waals surface area contributed by atoms with E-state index in [1.165, 1.54) is 24.3 Å². The average Bonchev–Trinajstić information content (AvgIpc) is 2.29. The van der Waals surface area contributed by atoms with E-state index in [2.05, 4.69) is 4.98 Å². The Kier molecular flexibility index (Phi) is 3.91. The van der Waals surface area contributed by atoms with E-state index in [9.17, 15) is 9.50 Å². The molecule has 0 aliphatic rings. The topological polar surface area (TPSA) is 59.1 Å². The summed E-state index contributed by atoms with van der Waals surface area (Å²) in [5.41, 5.74) is 5.36. The molecule has 0 unspecified atom stereocenters. The number of halogens is 3. The normalized spacial score (nSPS) is 11.7. The van der Waals surface area contributed by atoms with Gasteiger partial charge in [-0.1, -0.05) is 23.2 Å². The molecule has 0 amide bonds. The van der Waals surface area contributed by atoms with Crippen LogP contribution < -0.4 is 5.73 Å². The Hall–Kier alpha value is -1.36. The number of aliphatic hydroxyl groups is 1. The van der Waals surface area contributed by atoms with Crippen molar-refractivity contribution in [1.82, 2.24) is 4.98 Å². The van der Waals surface area contributed by atoms with Crippen LogP contribution in [0.25, 0.3) is 11.3 Å². The van der Waals surface area contributed by atoms with Crippen molar-refractivity contribution in [1.29, 1.82) is 0 Å². The van der Waals surface area contributed by atoms with Crippen LogP contribution in [0.1, 0.15) is 19.4 Å². The van der Waals surface area contributed by atoms with Crippen LogP contribution in [-0.2, 0) is 5.60 Å². The van der Waals surface area contributed by atoms with Gasteiger partial charge in [-0.3, -0.25) is 0 Å². The molecule has 1 aromatic heterocycles. The zero-order chi connectivity index (χ0) is 15.1. The van der Waals surface area contributed by atoms with Crippen LogP contribution in [0.5, 0.6) is 0 Å². The van der Waals surface area contributed by atoms with Gasteiger partial charge in [0.1, 0.15) is 11.6 Å². The van der Waals surface area contributed by atoms with Crippen molar-refractivity contribution in [2.45, 2.75) is 19.4 Å². The second-order valence-electron chi connectivity index (χ2n) is 4.93. The molecule has 0 aliphatic heterocycles. The molecule has 0 radical (unpaired) electrons. The Morgan fingerprint density at radius 2 is 1.90 bits per heavy atom. The third-order valence-corrected chi connectivity index (χ3v) is 3.35. The molecule has 1 heterocycles. The molecule has 0 saturated heterocycles. The molecule has 2 rings (SSSR count). The van der Waals surface area contributed by atoms with Crippen LogP contribution in [0, 0.1) is 5.82 Å². The molecule has 3 N–H and O–H groups in total. The quantitative estimate of drug-likeness (QED) is 0.880. The molecule has 0 saturated carbocycles. The largest absolute Gasteiger partial charge is 0.386 e. The van der Waals surface area contributed by atoms with Gasteiger partial charge in [0, 0.05) is 16.1 Å². The maximum absolute atomic E-state index is 13.8. The lowest BCUT2D eigenvalue weighted by atomic mass is 9.98. The van der Waals surface area contributed by atoms with E-state index in [0.717, 1.165) is 0 Å². The van der Waals surface area contributed by atoms with Crippen LogP contribution in [-0.4, -0.2) is 10.1 Å². The number of rotatable bonds is 2. The lowest BCUT2D eigenvalue weighted by Crippen LogP contribution is -2.19. The Bertz CT molecular complexity index is 646. The van der Waals surface area contributed by atoms with Gasteiger partial charge in [-0.05, 0) is 38.1 Å². The first-order valence-corrected chi connectivity index (χ1v) is 6.60. The predicted molar refractivity (Wildman–Crippen MR) is 79.3 cm³/mol. The van der Waals surface area contributed by atoms with Crippen molar-refractivity contribution < 1.29 is 9.50 Å². The second-order valence-corrected chi connectivity index (χ2v) is 5.78. The van der Waals surface area contributed by atoms with Gasteiger partial charge in [0.2, 0.25) is 0 Å². The minimum Gasteiger partial charge on any atom is -0.386 e. The zero-order valence-electron chi connectivity index (χ0n) is 10.9.